The summed E-state index contributed by atoms with van der Waals surface area (Å²) in [7, 11) is 0. The van der Waals surface area contributed by atoms with E-state index in [2.05, 4.69) is 40.3 Å². The SMILES string of the molecule is C=C(C)CC(C)C=C(C)CCC. The van der Waals surface area contributed by atoms with Crippen LogP contribution in [0.5, 0.6) is 0 Å². The molecular weight excluding hydrogens is 144 g/mol. The van der Waals surface area contributed by atoms with Gasteiger partial charge in [-0.25, -0.2) is 0 Å². The second kappa shape index (κ2) is 6.05. The molecule has 0 saturated heterocycles. The van der Waals surface area contributed by atoms with E-state index in [1.54, 1.807) is 0 Å². The molecule has 0 aliphatic rings. The molecule has 0 aliphatic carbocycles. The molecule has 0 radical (unpaired) electrons. The number of rotatable bonds is 5. The minimum Gasteiger partial charge on any atom is -0.100 e. The fourth-order valence-electron chi connectivity index (χ4n) is 1.57. The van der Waals surface area contributed by atoms with Crippen molar-refractivity contribution in [2.75, 3.05) is 0 Å². The topological polar surface area (TPSA) is 0 Å². The van der Waals surface area contributed by atoms with Crippen molar-refractivity contribution in [2.45, 2.75) is 47.0 Å². The van der Waals surface area contributed by atoms with Gasteiger partial charge in [-0.3, -0.25) is 0 Å². The molecule has 1 unspecified atom stereocenters. The second-order valence-electron chi connectivity index (χ2n) is 3.90. The van der Waals surface area contributed by atoms with Crippen LogP contribution in [0.3, 0.4) is 0 Å². The quantitative estimate of drug-likeness (QED) is 0.533. The molecule has 0 fully saturated rings. The minimum atomic E-state index is 0.661. The van der Waals surface area contributed by atoms with E-state index < -0.39 is 0 Å². The first-order chi connectivity index (χ1) is 5.56. The summed E-state index contributed by atoms with van der Waals surface area (Å²) in [6.45, 7) is 12.7. The van der Waals surface area contributed by atoms with Gasteiger partial charge in [-0.05, 0) is 32.6 Å². The van der Waals surface area contributed by atoms with E-state index in [4.69, 9.17) is 0 Å². The van der Waals surface area contributed by atoms with Crippen LogP contribution in [0.1, 0.15) is 47.0 Å². The summed E-state index contributed by atoms with van der Waals surface area (Å²) in [6, 6.07) is 0. The lowest BCUT2D eigenvalue weighted by molar-refractivity contribution is 0.705. The van der Waals surface area contributed by atoms with Crippen molar-refractivity contribution in [3.8, 4) is 0 Å². The number of hydrogen-bond acceptors (Lipinski definition) is 0. The molecule has 0 N–H and O–H groups in total. The summed E-state index contributed by atoms with van der Waals surface area (Å²) < 4.78 is 0. The summed E-state index contributed by atoms with van der Waals surface area (Å²) in [5, 5.41) is 0. The van der Waals surface area contributed by atoms with Crippen molar-refractivity contribution in [2.24, 2.45) is 5.92 Å². The molecular formula is C12H22. The number of hydrogen-bond donors (Lipinski definition) is 0. The van der Waals surface area contributed by atoms with Gasteiger partial charge >= 0.3 is 0 Å². The first-order valence-corrected chi connectivity index (χ1v) is 4.88. The summed E-state index contributed by atoms with van der Waals surface area (Å²) in [5.41, 5.74) is 2.80. The Labute approximate surface area is 77.4 Å². The zero-order valence-corrected chi connectivity index (χ0v) is 8.98. The number of allylic oxidation sites excluding steroid dienone is 3. The molecule has 0 heterocycles. The van der Waals surface area contributed by atoms with Crippen LogP contribution in [0.15, 0.2) is 23.8 Å². The normalized spacial score (nSPS) is 14.5. The molecule has 12 heavy (non-hydrogen) atoms. The average Bonchev–Trinajstić information content (AvgIpc) is 1.84. The Hall–Kier alpha value is -0.520. The van der Waals surface area contributed by atoms with Crippen LogP contribution < -0.4 is 0 Å². The van der Waals surface area contributed by atoms with E-state index in [9.17, 15) is 0 Å². The van der Waals surface area contributed by atoms with E-state index in [0.29, 0.717) is 5.92 Å². The molecule has 0 aromatic rings. The third-order valence-corrected chi connectivity index (χ3v) is 1.88. The maximum atomic E-state index is 3.92. The van der Waals surface area contributed by atoms with Crippen molar-refractivity contribution in [1.29, 1.82) is 0 Å². The largest absolute Gasteiger partial charge is 0.100 e. The van der Waals surface area contributed by atoms with Crippen molar-refractivity contribution in [1.82, 2.24) is 0 Å². The van der Waals surface area contributed by atoms with Crippen molar-refractivity contribution in [3.63, 3.8) is 0 Å². The second-order valence-corrected chi connectivity index (χ2v) is 3.90. The van der Waals surface area contributed by atoms with Crippen LogP contribution in [-0.2, 0) is 0 Å². The Morgan fingerprint density at radius 2 is 2.00 bits per heavy atom. The highest BCUT2D eigenvalue weighted by Crippen LogP contribution is 2.14. The van der Waals surface area contributed by atoms with E-state index in [1.807, 2.05) is 0 Å². The van der Waals surface area contributed by atoms with Gasteiger partial charge < -0.3 is 0 Å². The molecule has 0 rings (SSSR count). The van der Waals surface area contributed by atoms with Crippen LogP contribution >= 0.6 is 0 Å². The zero-order chi connectivity index (χ0) is 9.56. The summed E-state index contributed by atoms with van der Waals surface area (Å²) in [5.74, 6) is 0.661. The Bertz CT molecular complexity index is 163. The van der Waals surface area contributed by atoms with Crippen LogP contribution in [-0.4, -0.2) is 0 Å². The minimum absolute atomic E-state index is 0.661. The Balaban J connectivity index is 3.86. The van der Waals surface area contributed by atoms with Gasteiger partial charge in [0.05, 0.1) is 0 Å². The van der Waals surface area contributed by atoms with Gasteiger partial charge in [-0.15, -0.1) is 6.58 Å². The average molecular weight is 166 g/mol. The van der Waals surface area contributed by atoms with Gasteiger partial charge in [0.25, 0.3) is 0 Å². The molecule has 0 aliphatic heterocycles. The monoisotopic (exact) mass is 166 g/mol. The predicted octanol–water partition coefficient (Wildman–Crippen LogP) is 4.34. The van der Waals surface area contributed by atoms with Gasteiger partial charge in [0.1, 0.15) is 0 Å². The lowest BCUT2D eigenvalue weighted by Gasteiger charge is -2.07. The summed E-state index contributed by atoms with van der Waals surface area (Å²) in [4.78, 5) is 0. The molecule has 0 aromatic carbocycles. The van der Waals surface area contributed by atoms with E-state index in [0.717, 1.165) is 6.42 Å². The standard InChI is InChI=1S/C12H22/c1-6-7-11(4)9-12(5)8-10(2)3/h9,12H,2,6-8H2,1,3-5H3. The smallest absolute Gasteiger partial charge is 0.0222 e. The molecule has 0 heteroatoms. The fourth-order valence-corrected chi connectivity index (χ4v) is 1.57. The third-order valence-electron chi connectivity index (χ3n) is 1.88. The molecule has 70 valence electrons. The van der Waals surface area contributed by atoms with Crippen LogP contribution in [0.25, 0.3) is 0 Å². The lowest BCUT2D eigenvalue weighted by Crippen LogP contribution is -1.91. The van der Waals surface area contributed by atoms with Crippen LogP contribution in [0.2, 0.25) is 0 Å². The molecule has 0 nitrogen and oxygen atoms in total. The molecule has 0 aromatic heterocycles. The van der Waals surface area contributed by atoms with Gasteiger partial charge in [-0.1, -0.05) is 37.5 Å². The molecule has 1 atom stereocenters. The van der Waals surface area contributed by atoms with Crippen LogP contribution in [0, 0.1) is 5.92 Å². The highest BCUT2D eigenvalue weighted by molar-refractivity contribution is 5.03. The third kappa shape index (κ3) is 6.21. The van der Waals surface area contributed by atoms with E-state index in [-0.39, 0.29) is 0 Å². The fraction of sp³-hybridized carbons (Fsp3) is 0.667. The summed E-state index contributed by atoms with van der Waals surface area (Å²) in [6.07, 6.45) is 5.99. The van der Waals surface area contributed by atoms with Gasteiger partial charge in [-0.2, -0.15) is 0 Å². The molecule has 0 saturated carbocycles. The van der Waals surface area contributed by atoms with Crippen molar-refractivity contribution in [3.05, 3.63) is 23.8 Å². The van der Waals surface area contributed by atoms with Gasteiger partial charge in [0.15, 0.2) is 0 Å². The van der Waals surface area contributed by atoms with Crippen LogP contribution in [0.4, 0.5) is 0 Å². The maximum Gasteiger partial charge on any atom is -0.0222 e. The van der Waals surface area contributed by atoms with Gasteiger partial charge in [0, 0.05) is 0 Å². The molecule has 0 spiro atoms. The predicted molar refractivity (Wildman–Crippen MR) is 57.3 cm³/mol. The van der Waals surface area contributed by atoms with E-state index >= 15 is 0 Å². The molecule has 0 amide bonds. The Kier molecular flexibility index (Phi) is 5.79. The lowest BCUT2D eigenvalue weighted by atomic mass is 9.99. The highest BCUT2D eigenvalue weighted by atomic mass is 14.0. The maximum absolute atomic E-state index is 3.92. The summed E-state index contributed by atoms with van der Waals surface area (Å²) >= 11 is 0. The first-order valence-electron chi connectivity index (χ1n) is 4.88. The van der Waals surface area contributed by atoms with E-state index in [1.165, 1.54) is 24.0 Å². The van der Waals surface area contributed by atoms with Gasteiger partial charge in [0.2, 0.25) is 0 Å². The van der Waals surface area contributed by atoms with Crippen molar-refractivity contribution < 1.29 is 0 Å². The van der Waals surface area contributed by atoms with Crippen molar-refractivity contribution >= 4 is 0 Å². The zero-order valence-electron chi connectivity index (χ0n) is 8.98. The molecule has 0 bridgehead atoms. The highest BCUT2D eigenvalue weighted by Gasteiger charge is 1.98. The Morgan fingerprint density at radius 3 is 2.42 bits per heavy atom. The first kappa shape index (κ1) is 11.5. The Morgan fingerprint density at radius 1 is 1.42 bits per heavy atom.